The predicted molar refractivity (Wildman–Crippen MR) is 150 cm³/mol. The van der Waals surface area contributed by atoms with Gasteiger partial charge in [-0.05, 0) is 22.3 Å². The zero-order valence-electron chi connectivity index (χ0n) is 21.2. The van der Waals surface area contributed by atoms with Gasteiger partial charge in [-0.3, -0.25) is 0 Å². The molecule has 0 amide bonds. The molecule has 38 heavy (non-hydrogen) atoms. The standard InChI is InChI=1S/C34H30O4/c1-5-13-27(14-6-1)23-35-31-21-32(36-24-28-15-7-2-8-16-28)34(38-26-30-19-11-4-12-20-30)33(22-31)37-25-29-17-9-3-10-18-29/h1-22H,23-26H2. The molecule has 0 unspecified atom stereocenters. The van der Waals surface area contributed by atoms with E-state index in [1.165, 1.54) is 0 Å². The summed E-state index contributed by atoms with van der Waals surface area (Å²) in [6.45, 7) is 1.60. The lowest BCUT2D eigenvalue weighted by Crippen LogP contribution is -2.05. The molecule has 0 aromatic heterocycles. The Balaban J connectivity index is 1.45. The van der Waals surface area contributed by atoms with E-state index in [0.29, 0.717) is 49.4 Å². The third kappa shape index (κ3) is 7.17. The lowest BCUT2D eigenvalue weighted by atomic mass is 10.2. The van der Waals surface area contributed by atoms with Crippen molar-refractivity contribution in [2.75, 3.05) is 0 Å². The zero-order chi connectivity index (χ0) is 25.8. The Morgan fingerprint density at radius 1 is 0.342 bits per heavy atom. The van der Waals surface area contributed by atoms with Gasteiger partial charge in [0, 0.05) is 12.1 Å². The summed E-state index contributed by atoms with van der Waals surface area (Å²) in [6, 6.07) is 44.0. The molecule has 0 spiro atoms. The molecule has 4 nitrogen and oxygen atoms in total. The first kappa shape index (κ1) is 25.0. The first-order chi connectivity index (χ1) is 18.8. The first-order valence-corrected chi connectivity index (χ1v) is 12.7. The second kappa shape index (κ2) is 13.0. The summed E-state index contributed by atoms with van der Waals surface area (Å²) in [5, 5.41) is 0. The Hall–Kier alpha value is -4.70. The summed E-state index contributed by atoms with van der Waals surface area (Å²) in [7, 11) is 0. The highest BCUT2D eigenvalue weighted by molar-refractivity contribution is 5.56. The van der Waals surface area contributed by atoms with Crippen LogP contribution in [0.15, 0.2) is 133 Å². The van der Waals surface area contributed by atoms with Crippen LogP contribution < -0.4 is 18.9 Å². The van der Waals surface area contributed by atoms with Gasteiger partial charge in [-0.25, -0.2) is 0 Å². The van der Waals surface area contributed by atoms with Gasteiger partial charge < -0.3 is 18.9 Å². The van der Waals surface area contributed by atoms with Crippen molar-refractivity contribution in [3.63, 3.8) is 0 Å². The fourth-order valence-electron chi connectivity index (χ4n) is 3.93. The maximum Gasteiger partial charge on any atom is 0.204 e. The molecule has 5 aromatic rings. The molecule has 0 fully saturated rings. The second-order valence-corrected chi connectivity index (χ2v) is 8.85. The third-order valence-corrected chi connectivity index (χ3v) is 5.94. The van der Waals surface area contributed by atoms with E-state index in [2.05, 4.69) is 0 Å². The van der Waals surface area contributed by atoms with Crippen molar-refractivity contribution in [1.82, 2.24) is 0 Å². The fraction of sp³-hybridized carbons (Fsp3) is 0.118. The lowest BCUT2D eigenvalue weighted by Gasteiger charge is -2.19. The van der Waals surface area contributed by atoms with E-state index in [4.69, 9.17) is 18.9 Å². The van der Waals surface area contributed by atoms with Crippen molar-refractivity contribution in [1.29, 1.82) is 0 Å². The largest absolute Gasteiger partial charge is 0.489 e. The number of rotatable bonds is 12. The van der Waals surface area contributed by atoms with Gasteiger partial charge in [0.2, 0.25) is 5.75 Å². The van der Waals surface area contributed by atoms with Gasteiger partial charge in [-0.1, -0.05) is 121 Å². The Morgan fingerprint density at radius 3 is 1.03 bits per heavy atom. The van der Waals surface area contributed by atoms with Crippen LogP contribution in [0.25, 0.3) is 0 Å². The molecule has 0 N–H and O–H groups in total. The molecule has 0 aliphatic carbocycles. The molecule has 5 rings (SSSR count). The Bertz CT molecular complexity index is 1320. The minimum atomic E-state index is 0.383. The molecule has 0 bridgehead atoms. The highest BCUT2D eigenvalue weighted by atomic mass is 16.5. The molecular weight excluding hydrogens is 472 g/mol. The van der Waals surface area contributed by atoms with Gasteiger partial charge in [0.15, 0.2) is 11.5 Å². The van der Waals surface area contributed by atoms with Crippen molar-refractivity contribution in [3.05, 3.63) is 156 Å². The smallest absolute Gasteiger partial charge is 0.204 e. The van der Waals surface area contributed by atoms with Crippen LogP contribution in [0.5, 0.6) is 23.0 Å². The van der Waals surface area contributed by atoms with Crippen molar-refractivity contribution >= 4 is 0 Å². The van der Waals surface area contributed by atoms with Crippen LogP contribution in [0.2, 0.25) is 0 Å². The summed E-state index contributed by atoms with van der Waals surface area (Å²) in [5.41, 5.74) is 4.25. The minimum absolute atomic E-state index is 0.383. The average molecular weight is 503 g/mol. The van der Waals surface area contributed by atoms with E-state index < -0.39 is 0 Å². The summed E-state index contributed by atoms with van der Waals surface area (Å²) in [5.74, 6) is 2.33. The monoisotopic (exact) mass is 502 g/mol. The van der Waals surface area contributed by atoms with Crippen LogP contribution in [-0.2, 0) is 26.4 Å². The summed E-state index contributed by atoms with van der Waals surface area (Å²) < 4.78 is 25.1. The van der Waals surface area contributed by atoms with Crippen molar-refractivity contribution in [3.8, 4) is 23.0 Å². The number of ether oxygens (including phenoxy) is 4. The molecular formula is C34H30O4. The van der Waals surface area contributed by atoms with Crippen LogP contribution >= 0.6 is 0 Å². The normalized spacial score (nSPS) is 10.5. The molecule has 0 saturated heterocycles. The Kier molecular flexibility index (Phi) is 8.56. The first-order valence-electron chi connectivity index (χ1n) is 12.7. The topological polar surface area (TPSA) is 36.9 Å². The van der Waals surface area contributed by atoms with E-state index in [-0.39, 0.29) is 0 Å². The van der Waals surface area contributed by atoms with Crippen LogP contribution in [0.4, 0.5) is 0 Å². The van der Waals surface area contributed by atoms with E-state index in [9.17, 15) is 0 Å². The number of hydrogen-bond acceptors (Lipinski definition) is 4. The summed E-state index contributed by atoms with van der Waals surface area (Å²) in [4.78, 5) is 0. The highest BCUT2D eigenvalue weighted by Crippen LogP contribution is 2.43. The van der Waals surface area contributed by atoms with Crippen LogP contribution in [0.3, 0.4) is 0 Å². The molecule has 190 valence electrons. The highest BCUT2D eigenvalue weighted by Gasteiger charge is 2.18. The van der Waals surface area contributed by atoms with E-state index in [1.54, 1.807) is 0 Å². The number of hydrogen-bond donors (Lipinski definition) is 0. The van der Waals surface area contributed by atoms with Gasteiger partial charge in [0.1, 0.15) is 32.2 Å². The van der Waals surface area contributed by atoms with Crippen LogP contribution in [0, 0.1) is 0 Å². The maximum absolute atomic E-state index is 6.34. The summed E-state index contributed by atoms with van der Waals surface area (Å²) in [6.07, 6.45) is 0. The van der Waals surface area contributed by atoms with Gasteiger partial charge in [-0.15, -0.1) is 0 Å². The van der Waals surface area contributed by atoms with Gasteiger partial charge in [-0.2, -0.15) is 0 Å². The molecule has 4 heteroatoms. The molecule has 0 atom stereocenters. The molecule has 0 saturated carbocycles. The second-order valence-electron chi connectivity index (χ2n) is 8.85. The minimum Gasteiger partial charge on any atom is -0.489 e. The molecule has 5 aromatic carbocycles. The fourth-order valence-corrected chi connectivity index (χ4v) is 3.93. The van der Waals surface area contributed by atoms with Crippen LogP contribution in [0.1, 0.15) is 22.3 Å². The van der Waals surface area contributed by atoms with Crippen molar-refractivity contribution in [2.24, 2.45) is 0 Å². The third-order valence-electron chi connectivity index (χ3n) is 5.94. The van der Waals surface area contributed by atoms with E-state index in [0.717, 1.165) is 22.3 Å². The molecule has 0 aliphatic heterocycles. The molecule has 0 heterocycles. The Labute approximate surface area is 224 Å². The lowest BCUT2D eigenvalue weighted by molar-refractivity contribution is 0.225. The Morgan fingerprint density at radius 2 is 0.658 bits per heavy atom. The van der Waals surface area contributed by atoms with E-state index >= 15 is 0 Å². The summed E-state index contributed by atoms with van der Waals surface area (Å²) >= 11 is 0. The molecule has 0 radical (unpaired) electrons. The van der Waals surface area contributed by atoms with Crippen molar-refractivity contribution < 1.29 is 18.9 Å². The predicted octanol–water partition coefficient (Wildman–Crippen LogP) is 8.00. The molecule has 0 aliphatic rings. The van der Waals surface area contributed by atoms with Gasteiger partial charge >= 0.3 is 0 Å². The SMILES string of the molecule is c1ccc(COc2cc(OCc3ccccc3)c(OCc3ccccc3)c(OCc3ccccc3)c2)cc1. The van der Waals surface area contributed by atoms with Crippen molar-refractivity contribution in [2.45, 2.75) is 26.4 Å². The maximum atomic E-state index is 6.34. The quantitative estimate of drug-likeness (QED) is 0.173. The van der Waals surface area contributed by atoms with Gasteiger partial charge in [0.05, 0.1) is 0 Å². The average Bonchev–Trinajstić information content (AvgIpc) is 2.99. The van der Waals surface area contributed by atoms with E-state index in [1.807, 2.05) is 133 Å². The van der Waals surface area contributed by atoms with Gasteiger partial charge in [0.25, 0.3) is 0 Å². The zero-order valence-corrected chi connectivity index (χ0v) is 21.2. The number of benzene rings is 5. The van der Waals surface area contributed by atoms with Crippen LogP contribution in [-0.4, -0.2) is 0 Å².